The number of hydrogen-bond donors (Lipinski definition) is 1. The number of ether oxygens (including phenoxy) is 1. The molecule has 0 aliphatic heterocycles. The molecule has 0 atom stereocenters. The molecule has 0 spiro atoms. The summed E-state index contributed by atoms with van der Waals surface area (Å²) in [6, 6.07) is 3.10. The largest absolute Gasteiger partial charge is 0.496 e. The highest BCUT2D eigenvalue weighted by Gasteiger charge is 2.21. The Kier molecular flexibility index (Phi) is 2.97. The Morgan fingerprint density at radius 3 is 2.72 bits per heavy atom. The van der Waals surface area contributed by atoms with Gasteiger partial charge in [-0.25, -0.2) is 13.6 Å². The molecule has 0 aliphatic carbocycles. The van der Waals surface area contributed by atoms with Gasteiger partial charge in [-0.1, -0.05) is 5.16 Å². The van der Waals surface area contributed by atoms with Crippen LogP contribution in [0.2, 0.25) is 0 Å². The van der Waals surface area contributed by atoms with Crippen LogP contribution in [0.25, 0.3) is 11.3 Å². The molecular formula is C11H7F2NO4. The molecule has 0 saturated carbocycles. The summed E-state index contributed by atoms with van der Waals surface area (Å²) in [5.74, 6) is -4.08. The number of carbonyl (C=O) groups is 1. The number of nitrogens with zero attached hydrogens (tertiary/aromatic N) is 1. The van der Waals surface area contributed by atoms with Crippen molar-refractivity contribution in [3.05, 3.63) is 35.6 Å². The van der Waals surface area contributed by atoms with Crippen LogP contribution in [0, 0.1) is 11.6 Å². The first kappa shape index (κ1) is 12.0. The maximum absolute atomic E-state index is 13.7. The van der Waals surface area contributed by atoms with E-state index in [1.165, 1.54) is 13.2 Å². The molecule has 94 valence electrons. The van der Waals surface area contributed by atoms with Crippen LogP contribution in [0.15, 0.2) is 22.7 Å². The predicted octanol–water partition coefficient (Wildman–Crippen LogP) is 2.33. The van der Waals surface area contributed by atoms with Gasteiger partial charge in [-0.05, 0) is 12.1 Å². The fourth-order valence-electron chi connectivity index (χ4n) is 1.44. The summed E-state index contributed by atoms with van der Waals surface area (Å²) >= 11 is 0. The molecule has 1 heterocycles. The van der Waals surface area contributed by atoms with Crippen molar-refractivity contribution in [3.63, 3.8) is 0 Å². The van der Waals surface area contributed by atoms with E-state index in [0.29, 0.717) is 0 Å². The van der Waals surface area contributed by atoms with E-state index in [9.17, 15) is 13.6 Å². The molecule has 1 aromatic heterocycles. The summed E-state index contributed by atoms with van der Waals surface area (Å²) in [5.41, 5.74) is -0.435. The Bertz CT molecular complexity index is 609. The van der Waals surface area contributed by atoms with Crippen molar-refractivity contribution in [3.8, 4) is 17.0 Å². The third-order valence-corrected chi connectivity index (χ3v) is 2.25. The topological polar surface area (TPSA) is 72.6 Å². The highest BCUT2D eigenvalue weighted by Crippen LogP contribution is 2.33. The molecule has 0 saturated heterocycles. The van der Waals surface area contributed by atoms with Crippen LogP contribution in [0.4, 0.5) is 8.78 Å². The van der Waals surface area contributed by atoms with Crippen LogP contribution in [0.1, 0.15) is 10.6 Å². The number of halogens is 2. The number of methoxy groups -OCH3 is 1. The highest BCUT2D eigenvalue weighted by atomic mass is 19.2. The van der Waals surface area contributed by atoms with Gasteiger partial charge >= 0.3 is 5.97 Å². The van der Waals surface area contributed by atoms with Crippen LogP contribution in [-0.4, -0.2) is 23.3 Å². The lowest BCUT2D eigenvalue weighted by molar-refractivity contribution is 0.0652. The number of aromatic carboxylic acids is 1. The number of carboxylic acid groups (broad SMARTS) is 1. The first-order valence-corrected chi connectivity index (χ1v) is 4.77. The van der Waals surface area contributed by atoms with Crippen LogP contribution in [-0.2, 0) is 0 Å². The first-order chi connectivity index (χ1) is 8.54. The number of carboxylic acids is 1. The second-order valence-electron chi connectivity index (χ2n) is 3.32. The zero-order valence-electron chi connectivity index (χ0n) is 9.11. The average molecular weight is 255 g/mol. The molecular weight excluding hydrogens is 248 g/mol. The van der Waals surface area contributed by atoms with E-state index in [2.05, 4.69) is 9.68 Å². The maximum Gasteiger partial charge on any atom is 0.374 e. The van der Waals surface area contributed by atoms with Gasteiger partial charge in [0.05, 0.1) is 12.7 Å². The summed E-state index contributed by atoms with van der Waals surface area (Å²) < 4.78 is 36.2. The summed E-state index contributed by atoms with van der Waals surface area (Å²) in [7, 11) is 1.27. The van der Waals surface area contributed by atoms with Gasteiger partial charge in [-0.3, -0.25) is 0 Å². The van der Waals surface area contributed by atoms with Crippen molar-refractivity contribution in [2.75, 3.05) is 7.11 Å². The van der Waals surface area contributed by atoms with Gasteiger partial charge in [0.2, 0.25) is 5.76 Å². The third-order valence-electron chi connectivity index (χ3n) is 2.25. The van der Waals surface area contributed by atoms with E-state index >= 15 is 0 Å². The number of aromatic nitrogens is 1. The van der Waals surface area contributed by atoms with Gasteiger partial charge < -0.3 is 14.4 Å². The van der Waals surface area contributed by atoms with E-state index in [0.717, 1.165) is 12.1 Å². The van der Waals surface area contributed by atoms with Crippen LogP contribution in [0.3, 0.4) is 0 Å². The van der Waals surface area contributed by atoms with Gasteiger partial charge in [0, 0.05) is 6.07 Å². The minimum absolute atomic E-state index is 0.0270. The summed E-state index contributed by atoms with van der Waals surface area (Å²) in [5, 5.41) is 12.0. The quantitative estimate of drug-likeness (QED) is 0.911. The number of benzene rings is 1. The SMILES string of the molecule is COc1ccc(F)c(F)c1-c1cc(C(=O)O)on1. The maximum atomic E-state index is 13.7. The zero-order valence-corrected chi connectivity index (χ0v) is 9.11. The van der Waals surface area contributed by atoms with Crippen molar-refractivity contribution in [1.82, 2.24) is 5.16 Å². The zero-order chi connectivity index (χ0) is 13.3. The van der Waals surface area contributed by atoms with Crippen molar-refractivity contribution >= 4 is 5.97 Å². The van der Waals surface area contributed by atoms with E-state index in [1.807, 2.05) is 0 Å². The van der Waals surface area contributed by atoms with Gasteiger partial charge in [-0.2, -0.15) is 0 Å². The van der Waals surface area contributed by atoms with Crippen molar-refractivity contribution < 1.29 is 27.9 Å². The standard InChI is InChI=1S/C11H7F2NO4/c1-17-7-3-2-5(12)10(13)9(7)6-4-8(11(15)16)18-14-6/h2-4H,1H3,(H,15,16). The third kappa shape index (κ3) is 1.90. The fraction of sp³-hybridized carbons (Fsp3) is 0.0909. The molecule has 1 N–H and O–H groups in total. The predicted molar refractivity (Wildman–Crippen MR) is 55.4 cm³/mol. The monoisotopic (exact) mass is 255 g/mol. The van der Waals surface area contributed by atoms with E-state index in [4.69, 9.17) is 9.84 Å². The molecule has 0 bridgehead atoms. The lowest BCUT2D eigenvalue weighted by Crippen LogP contribution is -1.95. The fourth-order valence-corrected chi connectivity index (χ4v) is 1.44. The van der Waals surface area contributed by atoms with Gasteiger partial charge in [-0.15, -0.1) is 0 Å². The second kappa shape index (κ2) is 4.44. The minimum Gasteiger partial charge on any atom is -0.496 e. The lowest BCUT2D eigenvalue weighted by Gasteiger charge is -2.06. The summed E-state index contributed by atoms with van der Waals surface area (Å²) in [6.45, 7) is 0. The first-order valence-electron chi connectivity index (χ1n) is 4.77. The normalized spacial score (nSPS) is 10.4. The Morgan fingerprint density at radius 2 is 2.17 bits per heavy atom. The Balaban J connectivity index is 2.61. The average Bonchev–Trinajstić information content (AvgIpc) is 2.81. The van der Waals surface area contributed by atoms with Crippen LogP contribution in [0.5, 0.6) is 5.75 Å². The van der Waals surface area contributed by atoms with Crippen molar-refractivity contribution in [1.29, 1.82) is 0 Å². The molecule has 1 aromatic carbocycles. The number of rotatable bonds is 3. The van der Waals surface area contributed by atoms with Gasteiger partial charge in [0.1, 0.15) is 11.4 Å². The highest BCUT2D eigenvalue weighted by molar-refractivity contribution is 5.86. The molecule has 5 nitrogen and oxygen atoms in total. The Labute approximate surface area is 99.6 Å². The number of hydrogen-bond acceptors (Lipinski definition) is 4. The molecule has 0 amide bonds. The van der Waals surface area contributed by atoms with Crippen molar-refractivity contribution in [2.45, 2.75) is 0 Å². The van der Waals surface area contributed by atoms with E-state index < -0.39 is 23.4 Å². The summed E-state index contributed by atoms with van der Waals surface area (Å²) in [6.07, 6.45) is 0. The molecule has 0 fully saturated rings. The van der Waals surface area contributed by atoms with Gasteiger partial charge in [0.15, 0.2) is 11.6 Å². The molecule has 0 unspecified atom stereocenters. The smallest absolute Gasteiger partial charge is 0.374 e. The summed E-state index contributed by atoms with van der Waals surface area (Å²) in [4.78, 5) is 10.6. The molecule has 0 radical (unpaired) electrons. The lowest BCUT2D eigenvalue weighted by atomic mass is 10.1. The Morgan fingerprint density at radius 1 is 1.44 bits per heavy atom. The van der Waals surface area contributed by atoms with Gasteiger partial charge in [0.25, 0.3) is 0 Å². The van der Waals surface area contributed by atoms with E-state index in [-0.39, 0.29) is 17.0 Å². The Hall–Kier alpha value is -2.44. The van der Waals surface area contributed by atoms with Crippen molar-refractivity contribution in [2.24, 2.45) is 0 Å². The molecule has 7 heteroatoms. The minimum atomic E-state index is -1.36. The molecule has 2 rings (SSSR count). The molecule has 2 aromatic rings. The second-order valence-corrected chi connectivity index (χ2v) is 3.32. The molecule has 0 aliphatic rings. The van der Waals surface area contributed by atoms with Crippen LogP contribution < -0.4 is 4.74 Å². The molecule has 18 heavy (non-hydrogen) atoms. The van der Waals surface area contributed by atoms with Crippen LogP contribution >= 0.6 is 0 Å². The van der Waals surface area contributed by atoms with E-state index in [1.54, 1.807) is 0 Å².